The molecule has 3 rings (SSSR count). The van der Waals surface area contributed by atoms with Gasteiger partial charge in [-0.2, -0.15) is 5.10 Å². The Hall–Kier alpha value is -3.35. The van der Waals surface area contributed by atoms with Crippen LogP contribution in [-0.2, 0) is 4.74 Å². The molecule has 0 aliphatic heterocycles. The van der Waals surface area contributed by atoms with Crippen LogP contribution in [0.1, 0.15) is 34.6 Å². The number of H-pyrrole nitrogens is 1. The second-order valence-corrected chi connectivity index (χ2v) is 5.96. The van der Waals surface area contributed by atoms with Gasteiger partial charge >= 0.3 is 5.97 Å². The maximum absolute atomic E-state index is 12.8. The van der Waals surface area contributed by atoms with Crippen molar-refractivity contribution in [3.63, 3.8) is 0 Å². The average Bonchev–Trinajstić information content (AvgIpc) is 3.10. The minimum Gasteiger partial charge on any atom is -0.489 e. The number of hydrogen-bond donors (Lipinski definition) is 2. The summed E-state index contributed by atoms with van der Waals surface area (Å²) in [7, 11) is 1.30. The Bertz CT molecular complexity index is 962. The van der Waals surface area contributed by atoms with Gasteiger partial charge in [-0.1, -0.05) is 12.1 Å². The maximum atomic E-state index is 12.8. The largest absolute Gasteiger partial charge is 0.489 e. The zero-order valence-corrected chi connectivity index (χ0v) is 14.7. The fourth-order valence-electron chi connectivity index (χ4n) is 2.58. The van der Waals surface area contributed by atoms with Crippen molar-refractivity contribution in [2.24, 2.45) is 0 Å². The summed E-state index contributed by atoms with van der Waals surface area (Å²) in [4.78, 5) is 24.6. The molecule has 3 aromatic rings. The topological polar surface area (TPSA) is 93.3 Å². The lowest BCUT2D eigenvalue weighted by atomic mass is 10.1. The molecule has 1 aromatic heterocycles. The Kier molecular flexibility index (Phi) is 4.88. The van der Waals surface area contributed by atoms with Gasteiger partial charge < -0.3 is 14.8 Å². The molecular formula is C19H19N3O4. The Morgan fingerprint density at radius 3 is 2.73 bits per heavy atom. The molecule has 0 bridgehead atoms. The van der Waals surface area contributed by atoms with Gasteiger partial charge in [0, 0.05) is 5.39 Å². The van der Waals surface area contributed by atoms with Crippen LogP contribution in [0.5, 0.6) is 5.75 Å². The van der Waals surface area contributed by atoms with Crippen LogP contribution < -0.4 is 10.1 Å². The van der Waals surface area contributed by atoms with Gasteiger partial charge in [-0.15, -0.1) is 0 Å². The van der Waals surface area contributed by atoms with E-state index >= 15 is 0 Å². The molecule has 1 heterocycles. The zero-order chi connectivity index (χ0) is 18.7. The second-order valence-electron chi connectivity index (χ2n) is 5.96. The summed E-state index contributed by atoms with van der Waals surface area (Å²) in [5.41, 5.74) is 1.79. The number of carbonyl (C=O) groups is 2. The number of anilines is 1. The van der Waals surface area contributed by atoms with E-state index in [1.165, 1.54) is 13.2 Å². The highest BCUT2D eigenvalue weighted by atomic mass is 16.5. The van der Waals surface area contributed by atoms with Crippen molar-refractivity contribution < 1.29 is 19.1 Å². The van der Waals surface area contributed by atoms with Gasteiger partial charge in [0.05, 0.1) is 41.7 Å². The molecule has 1 amide bonds. The van der Waals surface area contributed by atoms with Crippen molar-refractivity contribution in [2.75, 3.05) is 12.4 Å². The number of fused-ring (bicyclic) bond motifs is 1. The number of nitrogens with one attached hydrogen (secondary N) is 2. The van der Waals surface area contributed by atoms with Gasteiger partial charge in [-0.05, 0) is 38.1 Å². The van der Waals surface area contributed by atoms with E-state index in [0.29, 0.717) is 28.1 Å². The molecule has 26 heavy (non-hydrogen) atoms. The third kappa shape index (κ3) is 3.51. The maximum Gasteiger partial charge on any atom is 0.337 e. The van der Waals surface area contributed by atoms with Crippen LogP contribution in [0.25, 0.3) is 10.9 Å². The molecule has 0 saturated carbocycles. The number of rotatable bonds is 5. The number of methoxy groups -OCH3 is 1. The van der Waals surface area contributed by atoms with Crippen molar-refractivity contribution in [2.45, 2.75) is 20.0 Å². The number of aromatic amines is 1. The number of benzene rings is 2. The number of para-hydroxylation sites is 1. The van der Waals surface area contributed by atoms with Gasteiger partial charge in [0.2, 0.25) is 0 Å². The summed E-state index contributed by atoms with van der Waals surface area (Å²) in [5.74, 6) is -0.361. The van der Waals surface area contributed by atoms with Gasteiger partial charge in [-0.25, -0.2) is 4.79 Å². The predicted octanol–water partition coefficient (Wildman–Crippen LogP) is 3.39. The molecule has 2 N–H and O–H groups in total. The Morgan fingerprint density at radius 2 is 2.00 bits per heavy atom. The number of amides is 1. The highest BCUT2D eigenvalue weighted by Crippen LogP contribution is 2.28. The summed E-state index contributed by atoms with van der Waals surface area (Å²) in [5, 5.41) is 10.4. The standard InChI is InChI=1S/C19H19N3O4/c1-11(2)26-16-8-7-12(19(24)25-3)9-15(16)21-18(23)14-6-4-5-13-10-20-22-17(13)14/h4-11H,1-3H3,(H,20,22)(H,21,23). The lowest BCUT2D eigenvalue weighted by molar-refractivity contribution is 0.0600. The normalized spacial score (nSPS) is 10.8. The van der Waals surface area contributed by atoms with Crippen LogP contribution in [0.4, 0.5) is 5.69 Å². The van der Waals surface area contributed by atoms with Crippen molar-refractivity contribution in [3.8, 4) is 5.75 Å². The highest BCUT2D eigenvalue weighted by molar-refractivity contribution is 6.12. The minimum absolute atomic E-state index is 0.0920. The van der Waals surface area contributed by atoms with E-state index < -0.39 is 5.97 Å². The van der Waals surface area contributed by atoms with E-state index in [9.17, 15) is 9.59 Å². The first-order valence-electron chi connectivity index (χ1n) is 8.12. The number of esters is 1. The number of aromatic nitrogens is 2. The van der Waals surface area contributed by atoms with E-state index in [1.54, 1.807) is 30.5 Å². The molecule has 0 unspecified atom stereocenters. The number of carbonyl (C=O) groups excluding carboxylic acids is 2. The molecule has 0 spiro atoms. The van der Waals surface area contributed by atoms with E-state index in [2.05, 4.69) is 15.5 Å². The third-order valence-corrected chi connectivity index (χ3v) is 3.73. The number of ether oxygens (including phenoxy) is 2. The van der Waals surface area contributed by atoms with E-state index in [0.717, 1.165) is 5.39 Å². The monoisotopic (exact) mass is 353 g/mol. The molecule has 2 aromatic carbocycles. The van der Waals surface area contributed by atoms with Crippen LogP contribution in [0, 0.1) is 0 Å². The van der Waals surface area contributed by atoms with Crippen molar-refractivity contribution >= 4 is 28.5 Å². The van der Waals surface area contributed by atoms with Crippen molar-refractivity contribution in [1.82, 2.24) is 10.2 Å². The second kappa shape index (κ2) is 7.26. The fourth-order valence-corrected chi connectivity index (χ4v) is 2.58. The SMILES string of the molecule is COC(=O)c1ccc(OC(C)C)c(NC(=O)c2cccc3cn[nH]c23)c1. The molecule has 7 heteroatoms. The Morgan fingerprint density at radius 1 is 1.19 bits per heavy atom. The molecule has 0 aliphatic carbocycles. The van der Waals surface area contributed by atoms with Crippen LogP contribution in [0.2, 0.25) is 0 Å². The summed E-state index contributed by atoms with van der Waals surface area (Å²) in [6.45, 7) is 3.76. The average molecular weight is 353 g/mol. The molecule has 0 radical (unpaired) electrons. The molecule has 0 atom stereocenters. The lowest BCUT2D eigenvalue weighted by Crippen LogP contribution is -2.16. The Balaban J connectivity index is 1.97. The number of nitrogens with zero attached hydrogens (tertiary/aromatic N) is 1. The van der Waals surface area contributed by atoms with Gasteiger partial charge in [-0.3, -0.25) is 9.89 Å². The quantitative estimate of drug-likeness (QED) is 0.686. The molecule has 0 saturated heterocycles. The smallest absolute Gasteiger partial charge is 0.337 e. The van der Waals surface area contributed by atoms with Crippen molar-refractivity contribution in [1.29, 1.82) is 0 Å². The number of hydrogen-bond acceptors (Lipinski definition) is 5. The minimum atomic E-state index is -0.493. The first-order chi connectivity index (χ1) is 12.5. The first kappa shape index (κ1) is 17.5. The zero-order valence-electron chi connectivity index (χ0n) is 14.7. The fraction of sp³-hybridized carbons (Fsp3) is 0.211. The van der Waals surface area contributed by atoms with Gasteiger partial charge in [0.25, 0.3) is 5.91 Å². The van der Waals surface area contributed by atoms with Gasteiger partial charge in [0.1, 0.15) is 5.75 Å². The summed E-state index contributed by atoms with van der Waals surface area (Å²) in [6.07, 6.45) is 1.56. The van der Waals surface area contributed by atoms with E-state index in [4.69, 9.17) is 9.47 Å². The van der Waals surface area contributed by atoms with Gasteiger partial charge in [0.15, 0.2) is 0 Å². The molecule has 134 valence electrons. The van der Waals surface area contributed by atoms with Crippen LogP contribution >= 0.6 is 0 Å². The first-order valence-corrected chi connectivity index (χ1v) is 8.12. The third-order valence-electron chi connectivity index (χ3n) is 3.73. The highest BCUT2D eigenvalue weighted by Gasteiger charge is 2.17. The molecule has 7 nitrogen and oxygen atoms in total. The molecular weight excluding hydrogens is 334 g/mol. The van der Waals surface area contributed by atoms with Crippen LogP contribution in [0.3, 0.4) is 0 Å². The summed E-state index contributed by atoms with van der Waals surface area (Å²) >= 11 is 0. The summed E-state index contributed by atoms with van der Waals surface area (Å²) < 4.78 is 10.5. The van der Waals surface area contributed by atoms with E-state index in [-0.39, 0.29) is 12.0 Å². The Labute approximate surface area is 150 Å². The molecule has 0 aliphatic rings. The molecule has 0 fully saturated rings. The van der Waals surface area contributed by atoms with E-state index in [1.807, 2.05) is 19.9 Å². The lowest BCUT2D eigenvalue weighted by Gasteiger charge is -2.16. The van der Waals surface area contributed by atoms with Crippen molar-refractivity contribution in [3.05, 3.63) is 53.7 Å². The summed E-state index contributed by atoms with van der Waals surface area (Å²) in [6, 6.07) is 10.1. The predicted molar refractivity (Wildman–Crippen MR) is 97.6 cm³/mol. The van der Waals surface area contributed by atoms with Crippen LogP contribution in [0.15, 0.2) is 42.6 Å². The van der Waals surface area contributed by atoms with Crippen LogP contribution in [-0.4, -0.2) is 35.3 Å².